The third-order valence-electron chi connectivity index (χ3n) is 3.32. The van der Waals surface area contributed by atoms with E-state index >= 15 is 0 Å². The number of anilines is 1. The number of ether oxygens (including phenoxy) is 2. The second kappa shape index (κ2) is 7.15. The molecule has 2 aromatic carbocycles. The van der Waals surface area contributed by atoms with Gasteiger partial charge in [0.2, 0.25) is 5.91 Å². The molecule has 1 amide bonds. The number of fused-ring (bicyclic) bond motifs is 1. The van der Waals surface area contributed by atoms with Crippen molar-refractivity contribution in [3.63, 3.8) is 0 Å². The highest BCUT2D eigenvalue weighted by atomic mass is 35.5. The van der Waals surface area contributed by atoms with Gasteiger partial charge in [-0.1, -0.05) is 23.7 Å². The van der Waals surface area contributed by atoms with Gasteiger partial charge in [0.15, 0.2) is 11.5 Å². The highest BCUT2D eigenvalue weighted by molar-refractivity contribution is 8.00. The fourth-order valence-electron chi connectivity index (χ4n) is 2.15. The molecule has 1 atom stereocenters. The van der Waals surface area contributed by atoms with Crippen LogP contribution in [0.5, 0.6) is 11.5 Å². The zero-order chi connectivity index (χ0) is 16.2. The second-order valence-electron chi connectivity index (χ2n) is 5.04. The molecule has 4 nitrogen and oxygen atoms in total. The van der Waals surface area contributed by atoms with E-state index in [1.54, 1.807) is 18.2 Å². The van der Waals surface area contributed by atoms with Crippen molar-refractivity contribution >= 4 is 35.0 Å². The molecule has 1 aliphatic rings. The number of halogens is 1. The van der Waals surface area contributed by atoms with Crippen LogP contribution in [0.25, 0.3) is 0 Å². The van der Waals surface area contributed by atoms with Crippen LogP contribution in [0, 0.1) is 0 Å². The molecule has 3 rings (SSSR count). The smallest absolute Gasteiger partial charge is 0.237 e. The van der Waals surface area contributed by atoms with E-state index in [9.17, 15) is 4.79 Å². The predicted molar refractivity (Wildman–Crippen MR) is 92.8 cm³/mol. The molecule has 0 saturated carbocycles. The summed E-state index contributed by atoms with van der Waals surface area (Å²) in [5, 5.41) is 3.27. The maximum absolute atomic E-state index is 12.3. The van der Waals surface area contributed by atoms with E-state index in [0.717, 1.165) is 4.90 Å². The van der Waals surface area contributed by atoms with Crippen LogP contribution in [-0.2, 0) is 4.79 Å². The molecule has 1 heterocycles. The molecule has 120 valence electrons. The summed E-state index contributed by atoms with van der Waals surface area (Å²) in [5.41, 5.74) is 0.686. The fraction of sp³-hybridized carbons (Fsp3) is 0.235. The number of rotatable bonds is 4. The summed E-state index contributed by atoms with van der Waals surface area (Å²) < 4.78 is 11.0. The minimum atomic E-state index is -0.275. The van der Waals surface area contributed by atoms with Crippen LogP contribution in [-0.4, -0.2) is 24.4 Å². The van der Waals surface area contributed by atoms with E-state index < -0.39 is 0 Å². The number of hydrogen-bond acceptors (Lipinski definition) is 4. The molecule has 0 bridgehead atoms. The molecule has 0 spiro atoms. The Morgan fingerprint density at radius 2 is 1.91 bits per heavy atom. The standard InChI is InChI=1S/C17H16ClNO3S/c1-11(23-16-5-3-2-4-13(16)18)17(20)19-12-6-7-14-15(10-12)22-9-8-21-14/h2-7,10-11H,8-9H2,1H3,(H,19,20)/t11-/m1/s1. The summed E-state index contributed by atoms with van der Waals surface area (Å²) in [4.78, 5) is 13.2. The van der Waals surface area contributed by atoms with Gasteiger partial charge in [0, 0.05) is 16.6 Å². The van der Waals surface area contributed by atoms with Gasteiger partial charge in [0.1, 0.15) is 13.2 Å². The van der Waals surface area contributed by atoms with Crippen molar-refractivity contribution in [1.29, 1.82) is 0 Å². The van der Waals surface area contributed by atoms with Crippen LogP contribution in [0.4, 0.5) is 5.69 Å². The first kappa shape index (κ1) is 16.0. The summed E-state index contributed by atoms with van der Waals surface area (Å²) in [7, 11) is 0. The number of benzene rings is 2. The Bertz CT molecular complexity index is 723. The average Bonchev–Trinajstić information content (AvgIpc) is 2.56. The Hall–Kier alpha value is -1.85. The quantitative estimate of drug-likeness (QED) is 0.839. The molecular formula is C17H16ClNO3S. The molecule has 0 saturated heterocycles. The van der Waals surface area contributed by atoms with Crippen LogP contribution in [0.2, 0.25) is 5.02 Å². The number of carbonyl (C=O) groups excluding carboxylic acids is 1. The maximum Gasteiger partial charge on any atom is 0.237 e. The van der Waals surface area contributed by atoms with Crippen LogP contribution in [0.3, 0.4) is 0 Å². The Morgan fingerprint density at radius 3 is 2.70 bits per heavy atom. The van der Waals surface area contributed by atoms with E-state index in [2.05, 4.69) is 5.32 Å². The van der Waals surface area contributed by atoms with Crippen LogP contribution in [0.1, 0.15) is 6.92 Å². The summed E-state index contributed by atoms with van der Waals surface area (Å²) >= 11 is 7.56. The van der Waals surface area contributed by atoms with Crippen molar-refractivity contribution in [3.05, 3.63) is 47.5 Å². The molecule has 0 aromatic heterocycles. The van der Waals surface area contributed by atoms with E-state index in [1.807, 2.05) is 31.2 Å². The van der Waals surface area contributed by atoms with Gasteiger partial charge in [-0.3, -0.25) is 4.79 Å². The van der Waals surface area contributed by atoms with Crippen molar-refractivity contribution in [2.24, 2.45) is 0 Å². The monoisotopic (exact) mass is 349 g/mol. The predicted octanol–water partition coefficient (Wildman–Crippen LogP) is 4.23. The number of amides is 1. The zero-order valence-corrected chi connectivity index (χ0v) is 14.1. The van der Waals surface area contributed by atoms with Crippen molar-refractivity contribution in [3.8, 4) is 11.5 Å². The molecule has 2 aromatic rings. The third kappa shape index (κ3) is 3.92. The van der Waals surface area contributed by atoms with Crippen LogP contribution >= 0.6 is 23.4 Å². The lowest BCUT2D eigenvalue weighted by molar-refractivity contribution is -0.115. The van der Waals surface area contributed by atoms with Gasteiger partial charge in [-0.15, -0.1) is 11.8 Å². The minimum Gasteiger partial charge on any atom is -0.486 e. The molecule has 0 fully saturated rings. The fourth-order valence-corrected chi connectivity index (χ4v) is 3.30. The Kier molecular flexibility index (Phi) is 4.98. The van der Waals surface area contributed by atoms with Gasteiger partial charge in [0.25, 0.3) is 0 Å². The molecule has 1 aliphatic heterocycles. The van der Waals surface area contributed by atoms with Gasteiger partial charge < -0.3 is 14.8 Å². The SMILES string of the molecule is C[C@@H](Sc1ccccc1Cl)C(=O)Nc1ccc2c(c1)OCCO2. The lowest BCUT2D eigenvalue weighted by Gasteiger charge is -2.19. The van der Waals surface area contributed by atoms with Crippen molar-refractivity contribution in [2.75, 3.05) is 18.5 Å². The van der Waals surface area contributed by atoms with E-state index in [1.165, 1.54) is 11.8 Å². The highest BCUT2D eigenvalue weighted by Gasteiger charge is 2.17. The van der Waals surface area contributed by atoms with Gasteiger partial charge >= 0.3 is 0 Å². The topological polar surface area (TPSA) is 47.6 Å². The van der Waals surface area contributed by atoms with Gasteiger partial charge in [-0.05, 0) is 31.2 Å². The Morgan fingerprint density at radius 1 is 1.17 bits per heavy atom. The molecule has 1 N–H and O–H groups in total. The maximum atomic E-state index is 12.3. The second-order valence-corrected chi connectivity index (χ2v) is 6.83. The number of nitrogens with one attached hydrogen (secondary N) is 1. The summed E-state index contributed by atoms with van der Waals surface area (Å²) in [6, 6.07) is 12.9. The summed E-state index contributed by atoms with van der Waals surface area (Å²) in [6.45, 7) is 2.91. The van der Waals surface area contributed by atoms with E-state index in [4.69, 9.17) is 21.1 Å². The molecule has 0 unspecified atom stereocenters. The number of hydrogen-bond donors (Lipinski definition) is 1. The Balaban J connectivity index is 1.65. The van der Waals surface area contributed by atoms with Gasteiger partial charge in [-0.25, -0.2) is 0 Å². The number of carbonyl (C=O) groups is 1. The van der Waals surface area contributed by atoms with Crippen molar-refractivity contribution in [2.45, 2.75) is 17.1 Å². The molecule has 0 aliphatic carbocycles. The van der Waals surface area contributed by atoms with E-state index in [-0.39, 0.29) is 11.2 Å². The van der Waals surface area contributed by atoms with Gasteiger partial charge in [-0.2, -0.15) is 0 Å². The third-order valence-corrected chi connectivity index (χ3v) is 4.94. The summed E-state index contributed by atoms with van der Waals surface area (Å²) in [6.07, 6.45) is 0. The lowest BCUT2D eigenvalue weighted by atomic mass is 10.2. The zero-order valence-electron chi connectivity index (χ0n) is 12.5. The van der Waals surface area contributed by atoms with E-state index in [0.29, 0.717) is 35.4 Å². The molecular weight excluding hydrogens is 334 g/mol. The number of thioether (sulfide) groups is 1. The van der Waals surface area contributed by atoms with Crippen LogP contribution in [0.15, 0.2) is 47.4 Å². The van der Waals surface area contributed by atoms with Crippen molar-refractivity contribution < 1.29 is 14.3 Å². The highest BCUT2D eigenvalue weighted by Crippen LogP contribution is 2.34. The molecule has 23 heavy (non-hydrogen) atoms. The first-order chi connectivity index (χ1) is 11.1. The van der Waals surface area contributed by atoms with Gasteiger partial charge in [0.05, 0.1) is 10.3 Å². The molecule has 6 heteroatoms. The first-order valence-corrected chi connectivity index (χ1v) is 8.51. The normalized spacial score (nSPS) is 14.2. The first-order valence-electron chi connectivity index (χ1n) is 7.25. The van der Waals surface area contributed by atoms with Crippen molar-refractivity contribution in [1.82, 2.24) is 0 Å². The Labute approximate surface area is 144 Å². The minimum absolute atomic E-state index is 0.0911. The largest absolute Gasteiger partial charge is 0.486 e. The molecule has 0 radical (unpaired) electrons. The van der Waals surface area contributed by atoms with Crippen LogP contribution < -0.4 is 14.8 Å². The summed E-state index contributed by atoms with van der Waals surface area (Å²) in [5.74, 6) is 1.26. The average molecular weight is 350 g/mol. The lowest BCUT2D eigenvalue weighted by Crippen LogP contribution is -2.22.